The zero-order valence-electron chi connectivity index (χ0n) is 13.4. The lowest BCUT2D eigenvalue weighted by molar-refractivity contribution is -0.130. The molecule has 0 N–H and O–H groups in total. The van der Waals surface area contributed by atoms with Gasteiger partial charge >= 0.3 is 0 Å². The van der Waals surface area contributed by atoms with Crippen molar-refractivity contribution in [3.63, 3.8) is 0 Å². The number of likely N-dealkylation sites (tertiary alicyclic amines) is 1. The Kier molecular flexibility index (Phi) is 4.04. The normalized spacial score (nSPS) is 19.6. The van der Waals surface area contributed by atoms with Gasteiger partial charge in [-0.3, -0.25) is 4.79 Å². The molecule has 0 bridgehead atoms. The SMILES string of the molecule is O=C(Cn1cnc2cc(C3CCOCC3)ccc21)N1CCCC1. The molecule has 1 amide bonds. The maximum atomic E-state index is 12.3. The van der Waals surface area contributed by atoms with Crippen molar-refractivity contribution in [1.29, 1.82) is 0 Å². The highest BCUT2D eigenvalue weighted by Gasteiger charge is 2.20. The molecule has 2 aromatic rings. The van der Waals surface area contributed by atoms with Gasteiger partial charge in [0.1, 0.15) is 6.54 Å². The molecule has 0 unspecified atom stereocenters. The number of amides is 1. The summed E-state index contributed by atoms with van der Waals surface area (Å²) in [5.41, 5.74) is 3.38. The second kappa shape index (κ2) is 6.32. The summed E-state index contributed by atoms with van der Waals surface area (Å²) < 4.78 is 7.42. The number of carbonyl (C=O) groups is 1. The fraction of sp³-hybridized carbons (Fsp3) is 0.556. The molecular weight excluding hydrogens is 290 g/mol. The fourth-order valence-corrected chi connectivity index (χ4v) is 3.70. The molecule has 0 atom stereocenters. The Morgan fingerprint density at radius 1 is 1.22 bits per heavy atom. The van der Waals surface area contributed by atoms with E-state index in [1.807, 2.05) is 9.47 Å². The topological polar surface area (TPSA) is 47.4 Å². The predicted molar refractivity (Wildman–Crippen MR) is 88.3 cm³/mol. The van der Waals surface area contributed by atoms with Crippen molar-refractivity contribution in [2.75, 3.05) is 26.3 Å². The van der Waals surface area contributed by atoms with Gasteiger partial charge in [0.05, 0.1) is 17.4 Å². The van der Waals surface area contributed by atoms with E-state index >= 15 is 0 Å². The summed E-state index contributed by atoms with van der Waals surface area (Å²) in [4.78, 5) is 18.8. The second-order valence-corrected chi connectivity index (χ2v) is 6.60. The van der Waals surface area contributed by atoms with Crippen molar-refractivity contribution in [3.8, 4) is 0 Å². The highest BCUT2D eigenvalue weighted by molar-refractivity contribution is 5.81. The van der Waals surface area contributed by atoms with Crippen molar-refractivity contribution in [1.82, 2.24) is 14.5 Å². The third-order valence-electron chi connectivity index (χ3n) is 5.10. The van der Waals surface area contributed by atoms with Gasteiger partial charge < -0.3 is 14.2 Å². The molecule has 0 aliphatic carbocycles. The van der Waals surface area contributed by atoms with E-state index in [-0.39, 0.29) is 5.91 Å². The van der Waals surface area contributed by atoms with Gasteiger partial charge in [-0.15, -0.1) is 0 Å². The van der Waals surface area contributed by atoms with E-state index in [4.69, 9.17) is 4.74 Å². The standard InChI is InChI=1S/C18H23N3O2/c22-18(20-7-1-2-8-20)12-21-13-19-16-11-15(3-4-17(16)21)14-5-9-23-10-6-14/h3-4,11,13-14H,1-2,5-10,12H2. The first kappa shape index (κ1) is 14.7. The van der Waals surface area contributed by atoms with Gasteiger partial charge in [-0.25, -0.2) is 4.98 Å². The van der Waals surface area contributed by atoms with Gasteiger partial charge in [-0.05, 0) is 49.3 Å². The minimum atomic E-state index is 0.204. The van der Waals surface area contributed by atoms with E-state index < -0.39 is 0 Å². The van der Waals surface area contributed by atoms with Gasteiger partial charge in [0, 0.05) is 26.3 Å². The van der Waals surface area contributed by atoms with Crippen LogP contribution in [0.3, 0.4) is 0 Å². The summed E-state index contributed by atoms with van der Waals surface area (Å²) in [5.74, 6) is 0.778. The van der Waals surface area contributed by atoms with Crippen LogP contribution in [0.1, 0.15) is 37.2 Å². The number of rotatable bonds is 3. The van der Waals surface area contributed by atoms with E-state index in [1.54, 1.807) is 6.33 Å². The first-order valence-electron chi connectivity index (χ1n) is 8.61. The molecule has 2 saturated heterocycles. The van der Waals surface area contributed by atoms with Crippen LogP contribution in [-0.4, -0.2) is 46.7 Å². The number of nitrogens with zero attached hydrogens (tertiary/aromatic N) is 3. The number of ether oxygens (including phenoxy) is 1. The molecule has 1 aromatic heterocycles. The van der Waals surface area contributed by atoms with Crippen LogP contribution in [0, 0.1) is 0 Å². The molecule has 2 aliphatic rings. The third-order valence-corrected chi connectivity index (χ3v) is 5.10. The maximum absolute atomic E-state index is 12.3. The molecule has 4 rings (SSSR count). The van der Waals surface area contributed by atoms with Crippen LogP contribution in [0.4, 0.5) is 0 Å². The smallest absolute Gasteiger partial charge is 0.242 e. The fourth-order valence-electron chi connectivity index (χ4n) is 3.70. The second-order valence-electron chi connectivity index (χ2n) is 6.60. The van der Waals surface area contributed by atoms with Gasteiger partial charge in [-0.1, -0.05) is 6.07 Å². The van der Waals surface area contributed by atoms with Crippen LogP contribution in [0.25, 0.3) is 11.0 Å². The Labute approximate surface area is 136 Å². The van der Waals surface area contributed by atoms with Gasteiger partial charge in [0.15, 0.2) is 0 Å². The average Bonchev–Trinajstić information content (AvgIpc) is 3.25. The molecule has 2 fully saturated rings. The van der Waals surface area contributed by atoms with Gasteiger partial charge in [-0.2, -0.15) is 0 Å². The molecule has 5 nitrogen and oxygen atoms in total. The molecule has 0 radical (unpaired) electrons. The number of benzene rings is 1. The van der Waals surface area contributed by atoms with E-state index in [9.17, 15) is 4.79 Å². The Hall–Kier alpha value is -1.88. The van der Waals surface area contributed by atoms with E-state index in [1.165, 1.54) is 5.56 Å². The first-order chi connectivity index (χ1) is 11.3. The lowest BCUT2D eigenvalue weighted by Gasteiger charge is -2.22. The number of hydrogen-bond acceptors (Lipinski definition) is 3. The van der Waals surface area contributed by atoms with E-state index in [0.29, 0.717) is 12.5 Å². The molecule has 0 spiro atoms. The van der Waals surface area contributed by atoms with Crippen molar-refractivity contribution in [3.05, 3.63) is 30.1 Å². The zero-order chi connectivity index (χ0) is 15.6. The zero-order valence-corrected chi connectivity index (χ0v) is 13.4. The molecule has 1 aromatic carbocycles. The summed E-state index contributed by atoms with van der Waals surface area (Å²) in [5, 5.41) is 0. The largest absolute Gasteiger partial charge is 0.381 e. The quantitative estimate of drug-likeness (QED) is 0.875. The lowest BCUT2D eigenvalue weighted by Crippen LogP contribution is -2.30. The molecular formula is C18H23N3O2. The minimum Gasteiger partial charge on any atom is -0.381 e. The number of imidazole rings is 1. The number of hydrogen-bond donors (Lipinski definition) is 0. The lowest BCUT2D eigenvalue weighted by atomic mass is 9.91. The highest BCUT2D eigenvalue weighted by atomic mass is 16.5. The molecule has 5 heteroatoms. The average molecular weight is 313 g/mol. The van der Waals surface area contributed by atoms with E-state index in [0.717, 1.165) is 63.0 Å². The third kappa shape index (κ3) is 2.98. The summed E-state index contributed by atoms with van der Waals surface area (Å²) in [6, 6.07) is 6.49. The highest BCUT2D eigenvalue weighted by Crippen LogP contribution is 2.29. The number of carbonyl (C=O) groups excluding carboxylic acids is 1. The van der Waals surface area contributed by atoms with Gasteiger partial charge in [0.2, 0.25) is 5.91 Å². The van der Waals surface area contributed by atoms with Crippen LogP contribution in [0.5, 0.6) is 0 Å². The van der Waals surface area contributed by atoms with Crippen LogP contribution in [0.2, 0.25) is 0 Å². The van der Waals surface area contributed by atoms with Gasteiger partial charge in [0.25, 0.3) is 0 Å². The molecule has 3 heterocycles. The molecule has 0 saturated carbocycles. The van der Waals surface area contributed by atoms with Crippen LogP contribution >= 0.6 is 0 Å². The van der Waals surface area contributed by atoms with Crippen molar-refractivity contribution in [2.45, 2.75) is 38.1 Å². The Morgan fingerprint density at radius 3 is 2.78 bits per heavy atom. The molecule has 122 valence electrons. The Balaban J connectivity index is 1.53. The van der Waals surface area contributed by atoms with Crippen LogP contribution in [-0.2, 0) is 16.1 Å². The maximum Gasteiger partial charge on any atom is 0.242 e. The van der Waals surface area contributed by atoms with Crippen LogP contribution < -0.4 is 0 Å². The monoisotopic (exact) mass is 313 g/mol. The first-order valence-corrected chi connectivity index (χ1v) is 8.61. The summed E-state index contributed by atoms with van der Waals surface area (Å²) in [6.07, 6.45) is 6.22. The summed E-state index contributed by atoms with van der Waals surface area (Å²) in [6.45, 7) is 3.90. The van der Waals surface area contributed by atoms with Crippen molar-refractivity contribution in [2.24, 2.45) is 0 Å². The number of aromatic nitrogens is 2. The summed E-state index contributed by atoms with van der Waals surface area (Å²) in [7, 11) is 0. The summed E-state index contributed by atoms with van der Waals surface area (Å²) >= 11 is 0. The molecule has 23 heavy (non-hydrogen) atoms. The Bertz CT molecular complexity index is 697. The van der Waals surface area contributed by atoms with Crippen molar-refractivity contribution >= 4 is 16.9 Å². The van der Waals surface area contributed by atoms with E-state index in [2.05, 4.69) is 23.2 Å². The number of fused-ring (bicyclic) bond motifs is 1. The van der Waals surface area contributed by atoms with Crippen LogP contribution in [0.15, 0.2) is 24.5 Å². The minimum absolute atomic E-state index is 0.204. The molecule has 2 aliphatic heterocycles. The van der Waals surface area contributed by atoms with Crippen molar-refractivity contribution < 1.29 is 9.53 Å². The Morgan fingerprint density at radius 2 is 2.00 bits per heavy atom. The predicted octanol–water partition coefficient (Wildman–Crippen LogP) is 2.55.